The standard InChI is InChI=1S/C20H20N4O/c25-19(12-16-5-1-4-15-6-3-9-23-20(15)16)24-11-10-22-14-18(24)17-7-2-8-21-13-17/h1-9,13,18,22H,10-12,14H2. The van der Waals surface area contributed by atoms with Crippen molar-refractivity contribution >= 4 is 16.8 Å². The molecule has 3 aromatic rings. The van der Waals surface area contributed by atoms with E-state index in [1.165, 1.54) is 0 Å². The van der Waals surface area contributed by atoms with Gasteiger partial charge in [0.25, 0.3) is 0 Å². The van der Waals surface area contributed by atoms with Gasteiger partial charge in [-0.25, -0.2) is 0 Å². The normalized spacial score (nSPS) is 17.6. The average molecular weight is 332 g/mol. The molecular weight excluding hydrogens is 312 g/mol. The number of nitrogens with one attached hydrogen (secondary N) is 1. The van der Waals surface area contributed by atoms with Crippen molar-refractivity contribution in [3.63, 3.8) is 0 Å². The van der Waals surface area contributed by atoms with Crippen molar-refractivity contribution in [3.05, 3.63) is 72.2 Å². The molecule has 5 heteroatoms. The van der Waals surface area contributed by atoms with Gasteiger partial charge in [0.1, 0.15) is 0 Å². The van der Waals surface area contributed by atoms with Gasteiger partial charge in [0, 0.05) is 43.6 Å². The number of benzene rings is 1. The van der Waals surface area contributed by atoms with Crippen LogP contribution in [0.1, 0.15) is 17.2 Å². The lowest BCUT2D eigenvalue weighted by Gasteiger charge is -2.36. The van der Waals surface area contributed by atoms with Crippen LogP contribution < -0.4 is 5.32 Å². The van der Waals surface area contributed by atoms with Gasteiger partial charge in [-0.2, -0.15) is 0 Å². The number of para-hydroxylation sites is 1. The number of pyridine rings is 2. The zero-order valence-corrected chi connectivity index (χ0v) is 13.9. The second-order valence-corrected chi connectivity index (χ2v) is 6.26. The molecular formula is C20H20N4O. The molecule has 0 aliphatic carbocycles. The molecule has 0 spiro atoms. The fourth-order valence-corrected chi connectivity index (χ4v) is 3.45. The fraction of sp³-hybridized carbons (Fsp3) is 0.250. The van der Waals surface area contributed by atoms with Crippen LogP contribution in [0.2, 0.25) is 0 Å². The van der Waals surface area contributed by atoms with Gasteiger partial charge in [-0.3, -0.25) is 14.8 Å². The van der Waals surface area contributed by atoms with Gasteiger partial charge in [0.15, 0.2) is 0 Å². The monoisotopic (exact) mass is 332 g/mol. The van der Waals surface area contributed by atoms with Crippen LogP contribution in [0, 0.1) is 0 Å². The van der Waals surface area contributed by atoms with E-state index in [1.54, 1.807) is 12.4 Å². The smallest absolute Gasteiger partial charge is 0.227 e. The third-order valence-corrected chi connectivity index (χ3v) is 4.69. The molecule has 1 N–H and O–H groups in total. The van der Waals surface area contributed by atoms with E-state index in [9.17, 15) is 4.79 Å². The highest BCUT2D eigenvalue weighted by Gasteiger charge is 2.28. The lowest BCUT2D eigenvalue weighted by molar-refractivity contribution is -0.133. The van der Waals surface area contributed by atoms with E-state index in [4.69, 9.17) is 0 Å². The number of carbonyl (C=O) groups excluding carboxylic acids is 1. The quantitative estimate of drug-likeness (QED) is 0.800. The number of hydrogen-bond acceptors (Lipinski definition) is 4. The summed E-state index contributed by atoms with van der Waals surface area (Å²) in [7, 11) is 0. The molecule has 1 amide bonds. The molecule has 1 aliphatic rings. The zero-order valence-electron chi connectivity index (χ0n) is 13.9. The van der Waals surface area contributed by atoms with Gasteiger partial charge >= 0.3 is 0 Å². The number of fused-ring (bicyclic) bond motifs is 1. The molecule has 1 aliphatic heterocycles. The minimum absolute atomic E-state index is 0.0258. The van der Waals surface area contributed by atoms with E-state index < -0.39 is 0 Å². The molecule has 0 bridgehead atoms. The Hall–Kier alpha value is -2.79. The molecule has 2 aromatic heterocycles. The van der Waals surface area contributed by atoms with E-state index in [2.05, 4.69) is 15.3 Å². The predicted octanol–water partition coefficient (Wildman–Crippen LogP) is 2.35. The maximum absolute atomic E-state index is 13.0. The highest BCUT2D eigenvalue weighted by molar-refractivity contribution is 5.87. The minimum atomic E-state index is 0.0258. The summed E-state index contributed by atoms with van der Waals surface area (Å²) >= 11 is 0. The first-order valence-corrected chi connectivity index (χ1v) is 8.55. The summed E-state index contributed by atoms with van der Waals surface area (Å²) in [4.78, 5) is 23.7. The van der Waals surface area contributed by atoms with Crippen molar-refractivity contribution in [1.82, 2.24) is 20.2 Å². The van der Waals surface area contributed by atoms with Crippen LogP contribution >= 0.6 is 0 Å². The Morgan fingerprint density at radius 3 is 2.92 bits per heavy atom. The third kappa shape index (κ3) is 3.23. The molecule has 3 heterocycles. The van der Waals surface area contributed by atoms with Crippen LogP contribution in [0.5, 0.6) is 0 Å². The third-order valence-electron chi connectivity index (χ3n) is 4.69. The second kappa shape index (κ2) is 6.99. The number of amides is 1. The first-order valence-electron chi connectivity index (χ1n) is 8.55. The summed E-state index contributed by atoms with van der Waals surface area (Å²) < 4.78 is 0. The average Bonchev–Trinajstić information content (AvgIpc) is 2.69. The second-order valence-electron chi connectivity index (χ2n) is 6.26. The summed E-state index contributed by atoms with van der Waals surface area (Å²) in [5.41, 5.74) is 2.96. The molecule has 1 saturated heterocycles. The summed E-state index contributed by atoms with van der Waals surface area (Å²) in [6, 6.07) is 13.9. The maximum Gasteiger partial charge on any atom is 0.227 e. The van der Waals surface area contributed by atoms with E-state index in [-0.39, 0.29) is 11.9 Å². The topological polar surface area (TPSA) is 58.1 Å². The zero-order chi connectivity index (χ0) is 17.1. The molecule has 4 rings (SSSR count). The summed E-state index contributed by atoms with van der Waals surface area (Å²) in [6.07, 6.45) is 5.75. The van der Waals surface area contributed by atoms with Crippen LogP contribution in [0.3, 0.4) is 0 Å². The molecule has 1 fully saturated rings. The van der Waals surface area contributed by atoms with Crippen molar-refractivity contribution in [3.8, 4) is 0 Å². The van der Waals surface area contributed by atoms with Crippen LogP contribution in [0.4, 0.5) is 0 Å². The first-order chi connectivity index (χ1) is 12.3. The summed E-state index contributed by atoms with van der Waals surface area (Å²) in [5.74, 6) is 0.133. The summed E-state index contributed by atoms with van der Waals surface area (Å²) in [6.45, 7) is 2.28. The van der Waals surface area contributed by atoms with Gasteiger partial charge < -0.3 is 10.2 Å². The molecule has 126 valence electrons. The van der Waals surface area contributed by atoms with Crippen molar-refractivity contribution in [1.29, 1.82) is 0 Å². The van der Waals surface area contributed by atoms with Crippen LogP contribution in [-0.2, 0) is 11.2 Å². The van der Waals surface area contributed by atoms with Crippen LogP contribution in [0.25, 0.3) is 10.9 Å². The van der Waals surface area contributed by atoms with Crippen molar-refractivity contribution in [2.24, 2.45) is 0 Å². The van der Waals surface area contributed by atoms with Crippen molar-refractivity contribution in [2.45, 2.75) is 12.5 Å². The highest BCUT2D eigenvalue weighted by atomic mass is 16.2. The molecule has 1 unspecified atom stereocenters. The lowest BCUT2D eigenvalue weighted by atomic mass is 10.0. The van der Waals surface area contributed by atoms with E-state index in [0.717, 1.165) is 35.1 Å². The molecule has 1 aromatic carbocycles. The lowest BCUT2D eigenvalue weighted by Crippen LogP contribution is -2.49. The summed E-state index contributed by atoms with van der Waals surface area (Å²) in [5, 5.41) is 4.44. The SMILES string of the molecule is O=C(Cc1cccc2cccnc12)N1CCNCC1c1cccnc1. The molecule has 5 nitrogen and oxygen atoms in total. The van der Waals surface area contributed by atoms with Crippen molar-refractivity contribution < 1.29 is 4.79 Å². The van der Waals surface area contributed by atoms with Crippen LogP contribution in [0.15, 0.2) is 61.1 Å². The van der Waals surface area contributed by atoms with Gasteiger partial charge in [-0.1, -0.05) is 30.3 Å². The number of piperazine rings is 1. The van der Waals surface area contributed by atoms with E-state index >= 15 is 0 Å². The number of carbonyl (C=O) groups is 1. The fourth-order valence-electron chi connectivity index (χ4n) is 3.45. The molecule has 25 heavy (non-hydrogen) atoms. The number of rotatable bonds is 3. The number of nitrogens with zero attached hydrogens (tertiary/aromatic N) is 3. The van der Waals surface area contributed by atoms with Gasteiger partial charge in [0.05, 0.1) is 18.0 Å². The van der Waals surface area contributed by atoms with Gasteiger partial charge in [-0.05, 0) is 23.3 Å². The Kier molecular flexibility index (Phi) is 4.39. The van der Waals surface area contributed by atoms with Crippen LogP contribution in [-0.4, -0.2) is 40.4 Å². The number of aromatic nitrogens is 2. The first kappa shape index (κ1) is 15.7. The maximum atomic E-state index is 13.0. The Bertz CT molecular complexity index is 876. The largest absolute Gasteiger partial charge is 0.333 e. The highest BCUT2D eigenvalue weighted by Crippen LogP contribution is 2.24. The number of hydrogen-bond donors (Lipinski definition) is 1. The molecule has 0 radical (unpaired) electrons. The predicted molar refractivity (Wildman–Crippen MR) is 97.0 cm³/mol. The Labute approximate surface area is 146 Å². The Morgan fingerprint density at radius 1 is 1.16 bits per heavy atom. The van der Waals surface area contributed by atoms with Gasteiger partial charge in [0.2, 0.25) is 5.91 Å². The Balaban J connectivity index is 1.60. The van der Waals surface area contributed by atoms with Gasteiger partial charge in [-0.15, -0.1) is 0 Å². The molecule has 0 saturated carbocycles. The van der Waals surface area contributed by atoms with E-state index in [1.807, 2.05) is 53.6 Å². The van der Waals surface area contributed by atoms with Crippen molar-refractivity contribution in [2.75, 3.05) is 19.6 Å². The Morgan fingerprint density at radius 2 is 2.04 bits per heavy atom. The van der Waals surface area contributed by atoms with E-state index in [0.29, 0.717) is 13.0 Å². The minimum Gasteiger partial charge on any atom is -0.333 e. The molecule has 1 atom stereocenters.